The molecule has 2 aromatic carbocycles. The van der Waals surface area contributed by atoms with Gasteiger partial charge in [0.15, 0.2) is 0 Å². The summed E-state index contributed by atoms with van der Waals surface area (Å²) in [6.07, 6.45) is 3.60. The Labute approximate surface area is 122 Å². The second kappa shape index (κ2) is 5.70. The topological polar surface area (TPSA) is 12.0 Å². The summed E-state index contributed by atoms with van der Waals surface area (Å²) >= 11 is 0. The molecule has 1 heteroatoms. The summed E-state index contributed by atoms with van der Waals surface area (Å²) in [6.45, 7) is 4.37. The van der Waals surface area contributed by atoms with E-state index in [-0.39, 0.29) is 0 Å². The lowest BCUT2D eigenvalue weighted by molar-refractivity contribution is 0.374. The predicted molar refractivity (Wildman–Crippen MR) is 86.4 cm³/mol. The van der Waals surface area contributed by atoms with Gasteiger partial charge in [0.25, 0.3) is 0 Å². The molecule has 104 valence electrons. The third-order valence-electron chi connectivity index (χ3n) is 4.44. The molecular formula is C19H23N. The van der Waals surface area contributed by atoms with Crippen LogP contribution in [-0.4, -0.2) is 6.04 Å². The second-order valence-corrected chi connectivity index (χ2v) is 5.93. The molecule has 0 radical (unpaired) electrons. The molecule has 0 atom stereocenters. The molecule has 1 N–H and O–H groups in total. The van der Waals surface area contributed by atoms with Gasteiger partial charge in [0, 0.05) is 11.7 Å². The molecule has 1 nitrogen and oxygen atoms in total. The highest BCUT2D eigenvalue weighted by Crippen LogP contribution is 2.38. The molecule has 3 rings (SSSR count). The fourth-order valence-corrected chi connectivity index (χ4v) is 3.04. The van der Waals surface area contributed by atoms with Crippen LogP contribution < -0.4 is 5.32 Å². The first-order chi connectivity index (χ1) is 9.76. The third-order valence-corrected chi connectivity index (χ3v) is 4.44. The smallest absolute Gasteiger partial charge is 0.0374 e. The van der Waals surface area contributed by atoms with E-state index in [0.717, 1.165) is 12.3 Å². The number of hydrogen-bond donors (Lipinski definition) is 1. The molecule has 1 aliphatic rings. The zero-order valence-electron chi connectivity index (χ0n) is 12.4. The van der Waals surface area contributed by atoms with Gasteiger partial charge in [0.1, 0.15) is 0 Å². The lowest BCUT2D eigenvalue weighted by atomic mass is 9.75. The van der Waals surface area contributed by atoms with Gasteiger partial charge in [-0.3, -0.25) is 0 Å². The predicted octanol–water partition coefficient (Wildman–Crippen LogP) is 4.92. The summed E-state index contributed by atoms with van der Waals surface area (Å²) < 4.78 is 0. The zero-order valence-corrected chi connectivity index (χ0v) is 12.4. The van der Waals surface area contributed by atoms with Crippen molar-refractivity contribution >= 4 is 5.69 Å². The molecule has 20 heavy (non-hydrogen) atoms. The van der Waals surface area contributed by atoms with Gasteiger partial charge in [0.05, 0.1) is 0 Å². The highest BCUT2D eigenvalue weighted by Gasteiger charge is 2.30. The van der Waals surface area contributed by atoms with Gasteiger partial charge in [0.2, 0.25) is 0 Å². The van der Waals surface area contributed by atoms with E-state index in [1.165, 1.54) is 35.2 Å². The minimum absolute atomic E-state index is 0.633. The SMILES string of the molecule is CCc1ccccc1NC1CC(c2ccc(C)cc2)C1. The van der Waals surface area contributed by atoms with E-state index in [1.54, 1.807) is 0 Å². The molecule has 0 spiro atoms. The van der Waals surface area contributed by atoms with Crippen molar-refractivity contribution in [3.63, 3.8) is 0 Å². The number of aryl methyl sites for hydroxylation is 2. The Morgan fingerprint density at radius 2 is 1.70 bits per heavy atom. The highest BCUT2D eigenvalue weighted by atomic mass is 14.9. The van der Waals surface area contributed by atoms with E-state index < -0.39 is 0 Å². The third kappa shape index (κ3) is 2.72. The van der Waals surface area contributed by atoms with Crippen LogP contribution in [0.4, 0.5) is 5.69 Å². The van der Waals surface area contributed by atoms with Crippen LogP contribution in [0.15, 0.2) is 48.5 Å². The number of anilines is 1. The number of hydrogen-bond acceptors (Lipinski definition) is 1. The molecule has 0 heterocycles. The Hall–Kier alpha value is -1.76. The Kier molecular flexibility index (Phi) is 3.77. The molecule has 0 bridgehead atoms. The van der Waals surface area contributed by atoms with E-state index in [9.17, 15) is 0 Å². The number of para-hydroxylation sites is 1. The van der Waals surface area contributed by atoms with Gasteiger partial charge in [-0.1, -0.05) is 55.0 Å². The van der Waals surface area contributed by atoms with Gasteiger partial charge in [-0.25, -0.2) is 0 Å². The van der Waals surface area contributed by atoms with E-state index >= 15 is 0 Å². The van der Waals surface area contributed by atoms with E-state index in [2.05, 4.69) is 67.7 Å². The minimum Gasteiger partial charge on any atom is -0.382 e. The first kappa shape index (κ1) is 13.2. The Balaban J connectivity index is 1.59. The van der Waals surface area contributed by atoms with Gasteiger partial charge in [-0.2, -0.15) is 0 Å². The Bertz CT molecular complexity index is 565. The molecule has 0 amide bonds. The average molecular weight is 265 g/mol. The number of nitrogens with one attached hydrogen (secondary N) is 1. The van der Waals surface area contributed by atoms with Crippen molar-refractivity contribution in [3.05, 3.63) is 65.2 Å². The lowest BCUT2D eigenvalue weighted by Crippen LogP contribution is -2.34. The summed E-state index contributed by atoms with van der Waals surface area (Å²) in [7, 11) is 0. The van der Waals surface area contributed by atoms with E-state index in [4.69, 9.17) is 0 Å². The number of benzene rings is 2. The van der Waals surface area contributed by atoms with Crippen molar-refractivity contribution in [1.82, 2.24) is 0 Å². The van der Waals surface area contributed by atoms with Gasteiger partial charge >= 0.3 is 0 Å². The van der Waals surface area contributed by atoms with Crippen molar-refractivity contribution in [1.29, 1.82) is 0 Å². The normalized spacial score (nSPS) is 21.3. The van der Waals surface area contributed by atoms with Crippen LogP contribution in [-0.2, 0) is 6.42 Å². The fourth-order valence-electron chi connectivity index (χ4n) is 3.04. The van der Waals surface area contributed by atoms with Gasteiger partial charge in [-0.05, 0) is 49.3 Å². The first-order valence-electron chi connectivity index (χ1n) is 7.67. The second-order valence-electron chi connectivity index (χ2n) is 5.93. The summed E-state index contributed by atoms with van der Waals surface area (Å²) in [5.41, 5.74) is 5.59. The number of rotatable bonds is 4. The maximum absolute atomic E-state index is 3.71. The fraction of sp³-hybridized carbons (Fsp3) is 0.368. The van der Waals surface area contributed by atoms with Crippen LogP contribution in [0.1, 0.15) is 42.4 Å². The highest BCUT2D eigenvalue weighted by molar-refractivity contribution is 5.52. The van der Waals surface area contributed by atoms with Gasteiger partial charge in [-0.15, -0.1) is 0 Å². The zero-order chi connectivity index (χ0) is 13.9. The summed E-state index contributed by atoms with van der Waals surface area (Å²) in [4.78, 5) is 0. The van der Waals surface area contributed by atoms with Crippen LogP contribution in [0, 0.1) is 6.92 Å². The molecule has 0 aromatic heterocycles. The molecule has 0 unspecified atom stereocenters. The van der Waals surface area contributed by atoms with Crippen LogP contribution >= 0.6 is 0 Å². The van der Waals surface area contributed by atoms with Crippen LogP contribution in [0.5, 0.6) is 0 Å². The van der Waals surface area contributed by atoms with Gasteiger partial charge < -0.3 is 5.32 Å². The van der Waals surface area contributed by atoms with Crippen molar-refractivity contribution in [2.75, 3.05) is 5.32 Å². The molecule has 1 fully saturated rings. The Morgan fingerprint density at radius 1 is 1.00 bits per heavy atom. The molecule has 2 aromatic rings. The summed E-state index contributed by atoms with van der Waals surface area (Å²) in [6, 6.07) is 18.3. The molecule has 0 saturated heterocycles. The Morgan fingerprint density at radius 3 is 2.40 bits per heavy atom. The maximum Gasteiger partial charge on any atom is 0.0374 e. The average Bonchev–Trinajstić information content (AvgIpc) is 2.44. The van der Waals surface area contributed by atoms with Crippen LogP contribution in [0.25, 0.3) is 0 Å². The molecule has 1 saturated carbocycles. The first-order valence-corrected chi connectivity index (χ1v) is 7.67. The molecular weight excluding hydrogens is 242 g/mol. The van der Waals surface area contributed by atoms with E-state index in [1.807, 2.05) is 0 Å². The summed E-state index contributed by atoms with van der Waals surface area (Å²) in [5, 5.41) is 3.71. The van der Waals surface area contributed by atoms with Crippen molar-refractivity contribution < 1.29 is 0 Å². The van der Waals surface area contributed by atoms with Crippen molar-refractivity contribution in [3.8, 4) is 0 Å². The quantitative estimate of drug-likeness (QED) is 0.827. The lowest BCUT2D eigenvalue weighted by Gasteiger charge is -2.37. The van der Waals surface area contributed by atoms with Crippen LogP contribution in [0.3, 0.4) is 0 Å². The standard InChI is InChI=1S/C19H23N/c1-3-15-6-4-5-7-19(15)20-18-12-17(13-18)16-10-8-14(2)9-11-16/h4-11,17-18,20H,3,12-13H2,1-2H3. The summed E-state index contributed by atoms with van der Waals surface area (Å²) in [5.74, 6) is 0.738. The van der Waals surface area contributed by atoms with Crippen molar-refractivity contribution in [2.45, 2.75) is 45.1 Å². The van der Waals surface area contributed by atoms with Crippen molar-refractivity contribution in [2.24, 2.45) is 0 Å². The minimum atomic E-state index is 0.633. The molecule has 1 aliphatic carbocycles. The van der Waals surface area contributed by atoms with Crippen LogP contribution in [0.2, 0.25) is 0 Å². The largest absolute Gasteiger partial charge is 0.382 e. The van der Waals surface area contributed by atoms with E-state index in [0.29, 0.717) is 6.04 Å². The monoisotopic (exact) mass is 265 g/mol. The maximum atomic E-state index is 3.71. The molecule has 0 aliphatic heterocycles.